The standard InChI is InChI=1S/C16H23N3O5S/c1-11-9-14(19(21)22)10-15(12(11)2)25(23,24)18-7-5-13(6-8-18)16(20)17(3)4/h9-10,13H,5-8H2,1-4H3. The Bertz CT molecular complexity index is 796. The van der Waals surface area contributed by atoms with E-state index < -0.39 is 14.9 Å². The molecule has 0 saturated carbocycles. The first-order chi connectivity index (χ1) is 11.6. The molecule has 1 amide bonds. The van der Waals surface area contributed by atoms with Crippen molar-refractivity contribution in [2.75, 3.05) is 27.2 Å². The molecule has 0 N–H and O–H groups in total. The number of rotatable bonds is 4. The highest BCUT2D eigenvalue weighted by Gasteiger charge is 2.34. The van der Waals surface area contributed by atoms with E-state index in [2.05, 4.69) is 0 Å². The van der Waals surface area contributed by atoms with Gasteiger partial charge in [0.25, 0.3) is 5.69 Å². The Balaban J connectivity index is 2.29. The van der Waals surface area contributed by atoms with Gasteiger partial charge in [0.2, 0.25) is 15.9 Å². The molecule has 2 rings (SSSR count). The van der Waals surface area contributed by atoms with Crippen LogP contribution in [0.4, 0.5) is 5.69 Å². The van der Waals surface area contributed by atoms with Crippen LogP contribution < -0.4 is 0 Å². The number of aryl methyl sites for hydroxylation is 1. The van der Waals surface area contributed by atoms with Crippen LogP contribution in [0.5, 0.6) is 0 Å². The number of nitro benzene ring substituents is 1. The molecule has 1 aromatic carbocycles. The van der Waals surface area contributed by atoms with Crippen molar-refractivity contribution in [2.24, 2.45) is 5.92 Å². The van der Waals surface area contributed by atoms with E-state index in [4.69, 9.17) is 0 Å². The van der Waals surface area contributed by atoms with E-state index >= 15 is 0 Å². The van der Waals surface area contributed by atoms with Crippen LogP contribution in [0.3, 0.4) is 0 Å². The van der Waals surface area contributed by atoms with Gasteiger partial charge in [0.05, 0.1) is 9.82 Å². The van der Waals surface area contributed by atoms with E-state index in [1.807, 2.05) is 0 Å². The molecule has 0 radical (unpaired) electrons. The summed E-state index contributed by atoms with van der Waals surface area (Å²) in [5.41, 5.74) is 0.835. The van der Waals surface area contributed by atoms with Gasteiger partial charge in [-0.1, -0.05) is 0 Å². The van der Waals surface area contributed by atoms with Crippen LogP contribution in [0.15, 0.2) is 17.0 Å². The summed E-state index contributed by atoms with van der Waals surface area (Å²) in [6.45, 7) is 3.76. The van der Waals surface area contributed by atoms with Gasteiger partial charge >= 0.3 is 0 Å². The summed E-state index contributed by atoms with van der Waals surface area (Å²) < 4.78 is 27.2. The molecule has 1 heterocycles. The van der Waals surface area contributed by atoms with E-state index in [0.29, 0.717) is 24.0 Å². The molecule has 138 valence electrons. The molecule has 0 aromatic heterocycles. The maximum Gasteiger partial charge on any atom is 0.271 e. The Hall–Kier alpha value is -2.00. The van der Waals surface area contributed by atoms with Gasteiger partial charge in [0, 0.05) is 45.2 Å². The summed E-state index contributed by atoms with van der Waals surface area (Å²) in [4.78, 5) is 24.0. The largest absolute Gasteiger partial charge is 0.349 e. The highest BCUT2D eigenvalue weighted by molar-refractivity contribution is 7.89. The lowest BCUT2D eigenvalue weighted by molar-refractivity contribution is -0.385. The Morgan fingerprint density at radius 2 is 1.80 bits per heavy atom. The number of carbonyl (C=O) groups is 1. The number of amides is 1. The molecule has 0 unspecified atom stereocenters. The molecule has 1 fully saturated rings. The number of carbonyl (C=O) groups excluding carboxylic acids is 1. The van der Waals surface area contributed by atoms with Crippen LogP contribution in [-0.4, -0.2) is 55.6 Å². The highest BCUT2D eigenvalue weighted by Crippen LogP contribution is 2.30. The molecule has 1 aliphatic heterocycles. The zero-order valence-corrected chi connectivity index (χ0v) is 15.7. The number of sulfonamides is 1. The molecule has 0 aliphatic carbocycles. The SMILES string of the molecule is Cc1cc([N+](=O)[O-])cc(S(=O)(=O)N2CCC(C(=O)N(C)C)CC2)c1C. The van der Waals surface area contributed by atoms with Gasteiger partial charge in [-0.25, -0.2) is 8.42 Å². The number of piperidine rings is 1. The van der Waals surface area contributed by atoms with Gasteiger partial charge in [0.1, 0.15) is 0 Å². The van der Waals surface area contributed by atoms with Crippen LogP contribution in [0.2, 0.25) is 0 Å². The van der Waals surface area contributed by atoms with Gasteiger partial charge < -0.3 is 4.90 Å². The van der Waals surface area contributed by atoms with Gasteiger partial charge in [-0.05, 0) is 37.8 Å². The van der Waals surface area contributed by atoms with Crippen LogP contribution in [-0.2, 0) is 14.8 Å². The average molecular weight is 369 g/mol. The highest BCUT2D eigenvalue weighted by atomic mass is 32.2. The fourth-order valence-electron chi connectivity index (χ4n) is 3.03. The van der Waals surface area contributed by atoms with Crippen molar-refractivity contribution in [1.29, 1.82) is 0 Å². The third-order valence-electron chi connectivity index (χ3n) is 4.68. The number of nitro groups is 1. The predicted octanol–water partition coefficient (Wildman–Crippen LogP) is 1.70. The van der Waals surface area contributed by atoms with Crippen LogP contribution >= 0.6 is 0 Å². The third kappa shape index (κ3) is 3.82. The summed E-state index contributed by atoms with van der Waals surface area (Å²) in [5.74, 6) is -0.186. The molecule has 1 aromatic rings. The maximum absolute atomic E-state index is 13.0. The fourth-order valence-corrected chi connectivity index (χ4v) is 4.82. The summed E-state index contributed by atoms with van der Waals surface area (Å²) >= 11 is 0. The molecule has 25 heavy (non-hydrogen) atoms. The van der Waals surface area contributed by atoms with Crippen molar-refractivity contribution < 1.29 is 18.1 Å². The van der Waals surface area contributed by atoms with Crippen molar-refractivity contribution in [3.63, 3.8) is 0 Å². The molecule has 0 spiro atoms. The minimum atomic E-state index is -3.84. The molecule has 1 aliphatic rings. The molecule has 1 saturated heterocycles. The number of benzene rings is 1. The van der Waals surface area contributed by atoms with Crippen LogP contribution in [0.1, 0.15) is 24.0 Å². The van der Waals surface area contributed by atoms with Gasteiger partial charge in [-0.2, -0.15) is 4.31 Å². The van der Waals surface area contributed by atoms with Crippen molar-refractivity contribution in [3.8, 4) is 0 Å². The maximum atomic E-state index is 13.0. The lowest BCUT2D eigenvalue weighted by atomic mass is 9.97. The van der Waals surface area contributed by atoms with Crippen molar-refractivity contribution >= 4 is 21.6 Å². The minimum Gasteiger partial charge on any atom is -0.349 e. The average Bonchev–Trinajstić information content (AvgIpc) is 2.56. The minimum absolute atomic E-state index is 0.000535. The fraction of sp³-hybridized carbons (Fsp3) is 0.562. The first kappa shape index (κ1) is 19.3. The topological polar surface area (TPSA) is 101 Å². The molecule has 0 bridgehead atoms. The summed E-state index contributed by atoms with van der Waals surface area (Å²) in [5, 5.41) is 11.1. The second kappa shape index (κ2) is 7.09. The van der Waals surface area contributed by atoms with Gasteiger partial charge in [-0.3, -0.25) is 14.9 Å². The Labute approximate surface area is 147 Å². The van der Waals surface area contributed by atoms with Crippen LogP contribution in [0.25, 0.3) is 0 Å². The third-order valence-corrected chi connectivity index (χ3v) is 6.70. The number of hydrogen-bond acceptors (Lipinski definition) is 5. The van der Waals surface area contributed by atoms with E-state index in [1.165, 1.54) is 15.3 Å². The number of hydrogen-bond donors (Lipinski definition) is 0. The zero-order chi connectivity index (χ0) is 18.9. The van der Waals surface area contributed by atoms with Gasteiger partial charge in [-0.15, -0.1) is 0 Å². The van der Waals surface area contributed by atoms with Crippen molar-refractivity contribution in [2.45, 2.75) is 31.6 Å². The molecule has 0 atom stereocenters. The van der Waals surface area contributed by atoms with Crippen molar-refractivity contribution in [1.82, 2.24) is 9.21 Å². The zero-order valence-electron chi connectivity index (χ0n) is 14.9. The van der Waals surface area contributed by atoms with Crippen LogP contribution in [0, 0.1) is 29.9 Å². The summed E-state index contributed by atoms with van der Waals surface area (Å²) in [6.07, 6.45) is 0.895. The van der Waals surface area contributed by atoms with E-state index in [0.717, 1.165) is 6.07 Å². The monoisotopic (exact) mass is 369 g/mol. The molecule has 9 heteroatoms. The second-order valence-corrected chi connectivity index (χ2v) is 8.46. The first-order valence-corrected chi connectivity index (χ1v) is 9.46. The number of non-ortho nitro benzene ring substituents is 1. The predicted molar refractivity (Wildman–Crippen MR) is 92.7 cm³/mol. The van der Waals surface area contributed by atoms with Crippen molar-refractivity contribution in [3.05, 3.63) is 33.4 Å². The number of nitrogens with zero attached hydrogens (tertiary/aromatic N) is 3. The molecular weight excluding hydrogens is 346 g/mol. The quantitative estimate of drug-likeness (QED) is 0.594. The normalized spacial score (nSPS) is 16.6. The lowest BCUT2D eigenvalue weighted by Gasteiger charge is -2.32. The second-order valence-electron chi connectivity index (χ2n) is 6.55. The summed E-state index contributed by atoms with van der Waals surface area (Å²) in [7, 11) is -0.474. The lowest BCUT2D eigenvalue weighted by Crippen LogP contribution is -2.42. The Morgan fingerprint density at radius 1 is 1.24 bits per heavy atom. The summed E-state index contributed by atoms with van der Waals surface area (Å²) in [6, 6.07) is 2.49. The van der Waals surface area contributed by atoms with E-state index in [9.17, 15) is 23.3 Å². The Morgan fingerprint density at radius 3 is 2.28 bits per heavy atom. The smallest absolute Gasteiger partial charge is 0.271 e. The Kier molecular flexibility index (Phi) is 5.48. The van der Waals surface area contributed by atoms with Gasteiger partial charge in [0.15, 0.2) is 0 Å². The van der Waals surface area contributed by atoms with E-state index in [-0.39, 0.29) is 35.5 Å². The molecule has 8 nitrogen and oxygen atoms in total. The molecular formula is C16H23N3O5S. The first-order valence-electron chi connectivity index (χ1n) is 8.02. The van der Waals surface area contributed by atoms with E-state index in [1.54, 1.807) is 27.9 Å².